The fourth-order valence-electron chi connectivity index (χ4n) is 3.74. The number of aromatic nitrogens is 1. The Morgan fingerprint density at radius 1 is 0.868 bits per heavy atom. The summed E-state index contributed by atoms with van der Waals surface area (Å²) in [6.45, 7) is -0.812. The summed E-state index contributed by atoms with van der Waals surface area (Å²) in [7, 11) is 4.41. The van der Waals surface area contributed by atoms with Gasteiger partial charge in [-0.1, -0.05) is 18.2 Å². The second-order valence-electron chi connectivity index (χ2n) is 7.83. The summed E-state index contributed by atoms with van der Waals surface area (Å²) in [5.74, 6) is -5.39. The van der Waals surface area contributed by atoms with Crippen molar-refractivity contribution < 1.29 is 41.7 Å². The minimum Gasteiger partial charge on any atom is -0.493 e. The predicted molar refractivity (Wildman–Crippen MR) is 132 cm³/mol. The van der Waals surface area contributed by atoms with Crippen LogP contribution in [-0.2, 0) is 9.53 Å². The average molecular weight is 526 g/mol. The van der Waals surface area contributed by atoms with Crippen LogP contribution in [0.1, 0.15) is 10.4 Å². The molecule has 0 bridgehead atoms. The Morgan fingerprint density at radius 3 is 2.21 bits per heavy atom. The molecule has 8 nitrogen and oxygen atoms in total. The molecule has 0 atom stereocenters. The predicted octanol–water partition coefficient (Wildman–Crippen LogP) is 5.14. The molecule has 196 valence electrons. The Balaban J connectivity index is 1.63. The van der Waals surface area contributed by atoms with Gasteiger partial charge in [-0.05, 0) is 36.4 Å². The Morgan fingerprint density at radius 2 is 1.55 bits per heavy atom. The van der Waals surface area contributed by atoms with Crippen LogP contribution in [0.25, 0.3) is 22.2 Å². The summed E-state index contributed by atoms with van der Waals surface area (Å²) in [6, 6.07) is 13.1. The van der Waals surface area contributed by atoms with Crippen molar-refractivity contribution in [3.05, 3.63) is 77.6 Å². The lowest BCUT2D eigenvalue weighted by atomic mass is 10.0. The number of hydrogen-bond acceptors (Lipinski definition) is 7. The Kier molecular flexibility index (Phi) is 7.66. The molecule has 1 amide bonds. The first-order valence-electron chi connectivity index (χ1n) is 11.1. The number of anilines is 1. The van der Waals surface area contributed by atoms with Gasteiger partial charge in [-0.2, -0.15) is 0 Å². The maximum atomic E-state index is 13.9. The van der Waals surface area contributed by atoms with E-state index in [9.17, 15) is 22.8 Å². The number of carbonyl (C=O) groups is 2. The SMILES string of the molecule is COc1cc(-c2cc(C(=O)OCC(=O)Nc3ccc(F)c(F)c3F)c3ccccc3n2)cc(OC)c1OC. The number of esters is 1. The number of pyridine rings is 1. The first kappa shape index (κ1) is 26.3. The molecule has 0 saturated heterocycles. The third-order valence-corrected chi connectivity index (χ3v) is 5.54. The number of nitrogens with one attached hydrogen (secondary N) is 1. The van der Waals surface area contributed by atoms with Crippen molar-refractivity contribution in [1.82, 2.24) is 4.98 Å². The lowest BCUT2D eigenvalue weighted by molar-refractivity contribution is -0.119. The van der Waals surface area contributed by atoms with Gasteiger partial charge in [-0.3, -0.25) is 4.79 Å². The highest BCUT2D eigenvalue weighted by molar-refractivity contribution is 6.05. The monoisotopic (exact) mass is 526 g/mol. The maximum Gasteiger partial charge on any atom is 0.339 e. The van der Waals surface area contributed by atoms with Gasteiger partial charge < -0.3 is 24.3 Å². The maximum absolute atomic E-state index is 13.9. The number of amides is 1. The van der Waals surface area contributed by atoms with Crippen LogP contribution in [0.15, 0.2) is 54.6 Å². The molecule has 0 fully saturated rings. The van der Waals surface area contributed by atoms with Gasteiger partial charge in [0, 0.05) is 10.9 Å². The minimum absolute atomic E-state index is 0.103. The van der Waals surface area contributed by atoms with Gasteiger partial charge in [0.15, 0.2) is 35.6 Å². The molecule has 0 aliphatic carbocycles. The Bertz CT molecular complexity index is 1520. The highest BCUT2D eigenvalue weighted by Gasteiger charge is 2.20. The smallest absolute Gasteiger partial charge is 0.339 e. The van der Waals surface area contributed by atoms with Crippen molar-refractivity contribution in [2.24, 2.45) is 0 Å². The molecule has 0 radical (unpaired) electrons. The number of nitrogens with zero attached hydrogens (tertiary/aromatic N) is 1. The summed E-state index contributed by atoms with van der Waals surface area (Å²) in [6.07, 6.45) is 0. The fourth-order valence-corrected chi connectivity index (χ4v) is 3.74. The van der Waals surface area contributed by atoms with E-state index < -0.39 is 41.6 Å². The Hall–Kier alpha value is -4.80. The molecule has 1 heterocycles. The molecular formula is C27H21F3N2O6. The van der Waals surface area contributed by atoms with Crippen molar-refractivity contribution in [3.63, 3.8) is 0 Å². The number of benzene rings is 3. The molecule has 1 N–H and O–H groups in total. The number of rotatable bonds is 8. The van der Waals surface area contributed by atoms with Gasteiger partial charge in [0.05, 0.1) is 43.8 Å². The second-order valence-corrected chi connectivity index (χ2v) is 7.83. The van der Waals surface area contributed by atoms with Gasteiger partial charge in [-0.25, -0.2) is 22.9 Å². The van der Waals surface area contributed by atoms with Crippen molar-refractivity contribution in [2.45, 2.75) is 0 Å². The van der Waals surface area contributed by atoms with Crippen molar-refractivity contribution in [3.8, 4) is 28.5 Å². The number of fused-ring (bicyclic) bond motifs is 1. The van der Waals surface area contributed by atoms with Gasteiger partial charge in [0.1, 0.15) is 0 Å². The Labute approximate surface area is 214 Å². The lowest BCUT2D eigenvalue weighted by Crippen LogP contribution is -2.22. The third-order valence-electron chi connectivity index (χ3n) is 5.54. The van der Waals surface area contributed by atoms with E-state index in [-0.39, 0.29) is 5.56 Å². The molecule has 0 unspecified atom stereocenters. The summed E-state index contributed by atoms with van der Waals surface area (Å²) >= 11 is 0. The summed E-state index contributed by atoms with van der Waals surface area (Å²) in [5, 5.41) is 2.50. The number of methoxy groups -OCH3 is 3. The molecule has 0 aliphatic rings. The molecule has 4 aromatic rings. The molecule has 0 spiro atoms. The molecule has 11 heteroatoms. The summed E-state index contributed by atoms with van der Waals surface area (Å²) in [5.41, 5.74) is 0.906. The zero-order valence-corrected chi connectivity index (χ0v) is 20.4. The molecule has 4 rings (SSSR count). The fraction of sp³-hybridized carbons (Fsp3) is 0.148. The van der Waals surface area contributed by atoms with E-state index in [4.69, 9.17) is 18.9 Å². The molecular weight excluding hydrogens is 505 g/mol. The number of ether oxygens (including phenoxy) is 4. The number of para-hydroxylation sites is 1. The quantitative estimate of drug-likeness (QED) is 0.251. The lowest BCUT2D eigenvalue weighted by Gasteiger charge is -2.15. The largest absolute Gasteiger partial charge is 0.493 e. The van der Waals surface area contributed by atoms with Crippen LogP contribution < -0.4 is 19.5 Å². The van der Waals surface area contributed by atoms with Gasteiger partial charge >= 0.3 is 5.97 Å². The summed E-state index contributed by atoms with van der Waals surface area (Å²) in [4.78, 5) is 29.9. The third kappa shape index (κ3) is 5.17. The van der Waals surface area contributed by atoms with E-state index in [1.807, 2.05) is 5.32 Å². The van der Waals surface area contributed by atoms with E-state index in [0.29, 0.717) is 45.5 Å². The molecule has 1 aromatic heterocycles. The standard InChI is InChI=1S/C27H21F3N2O6/c1-35-21-10-14(11-22(36-2)26(21)37-3)20-12-16(15-6-4-5-7-18(15)31-20)27(34)38-13-23(33)32-19-9-8-17(28)24(29)25(19)30/h4-12H,13H2,1-3H3,(H,32,33). The van der Waals surface area contributed by atoms with E-state index in [0.717, 1.165) is 6.07 Å². The minimum atomic E-state index is -1.73. The average Bonchev–Trinajstić information content (AvgIpc) is 2.94. The van der Waals surface area contributed by atoms with Crippen LogP contribution in [0.4, 0.5) is 18.9 Å². The highest BCUT2D eigenvalue weighted by Crippen LogP contribution is 2.41. The van der Waals surface area contributed by atoms with Crippen molar-refractivity contribution in [2.75, 3.05) is 33.3 Å². The van der Waals surface area contributed by atoms with E-state index in [1.54, 1.807) is 36.4 Å². The number of halogens is 3. The zero-order chi connectivity index (χ0) is 27.4. The van der Waals surface area contributed by atoms with Crippen LogP contribution in [0, 0.1) is 17.5 Å². The molecule has 38 heavy (non-hydrogen) atoms. The van der Waals surface area contributed by atoms with Crippen molar-refractivity contribution in [1.29, 1.82) is 0 Å². The van der Waals surface area contributed by atoms with Gasteiger partial charge in [-0.15, -0.1) is 0 Å². The van der Waals surface area contributed by atoms with Crippen LogP contribution in [0.3, 0.4) is 0 Å². The second kappa shape index (κ2) is 11.1. The topological polar surface area (TPSA) is 96.0 Å². The van der Waals surface area contributed by atoms with Crippen LogP contribution in [0.2, 0.25) is 0 Å². The summed E-state index contributed by atoms with van der Waals surface area (Å²) < 4.78 is 61.7. The normalized spacial score (nSPS) is 10.7. The van der Waals surface area contributed by atoms with Gasteiger partial charge in [0.2, 0.25) is 5.75 Å². The van der Waals surface area contributed by atoms with Crippen LogP contribution >= 0.6 is 0 Å². The molecule has 3 aromatic carbocycles. The van der Waals surface area contributed by atoms with E-state index >= 15 is 0 Å². The first-order chi connectivity index (χ1) is 18.3. The van der Waals surface area contributed by atoms with Crippen LogP contribution in [0.5, 0.6) is 17.2 Å². The number of hydrogen-bond donors (Lipinski definition) is 1. The first-order valence-corrected chi connectivity index (χ1v) is 11.1. The van der Waals surface area contributed by atoms with E-state index in [1.165, 1.54) is 27.4 Å². The molecule has 0 saturated carbocycles. The van der Waals surface area contributed by atoms with Gasteiger partial charge in [0.25, 0.3) is 5.91 Å². The number of carbonyl (C=O) groups excluding carboxylic acids is 2. The van der Waals surface area contributed by atoms with Crippen LogP contribution in [-0.4, -0.2) is 44.8 Å². The van der Waals surface area contributed by atoms with Crippen molar-refractivity contribution >= 4 is 28.5 Å². The van der Waals surface area contributed by atoms with E-state index in [2.05, 4.69) is 4.98 Å². The molecule has 0 aliphatic heterocycles. The highest BCUT2D eigenvalue weighted by atomic mass is 19.2. The zero-order valence-electron chi connectivity index (χ0n) is 20.4.